The van der Waals surface area contributed by atoms with Crippen LogP contribution in [0, 0.1) is 0 Å². The third kappa shape index (κ3) is 7.48. The van der Waals surface area contributed by atoms with Crippen LogP contribution in [-0.4, -0.2) is 37.7 Å². The molecule has 0 amide bonds. The van der Waals surface area contributed by atoms with Gasteiger partial charge in [-0.15, -0.1) is 12.4 Å². The molecule has 0 aliphatic rings. The van der Waals surface area contributed by atoms with E-state index < -0.39 is 23.6 Å². The first-order chi connectivity index (χ1) is 6.80. The summed E-state index contributed by atoms with van der Waals surface area (Å²) in [5, 5.41) is 2.69. The van der Waals surface area contributed by atoms with Gasteiger partial charge in [-0.25, -0.2) is 0 Å². The van der Waals surface area contributed by atoms with Crippen molar-refractivity contribution in [3.8, 4) is 0 Å². The summed E-state index contributed by atoms with van der Waals surface area (Å²) in [5.74, 6) is -0.893. The Bertz CT molecular complexity index is 237. The maximum Gasteiger partial charge on any atom is 0.323 e. The van der Waals surface area contributed by atoms with Crippen molar-refractivity contribution in [2.45, 2.75) is 38.8 Å². The summed E-state index contributed by atoms with van der Waals surface area (Å²) in [6.45, 7) is 5.33. The number of nitrogens with one attached hydrogen (secondary N) is 1. The summed E-state index contributed by atoms with van der Waals surface area (Å²) in [6.07, 6.45) is -0.0273. The lowest BCUT2D eigenvalue weighted by atomic mass is 10.1. The van der Waals surface area contributed by atoms with Crippen molar-refractivity contribution >= 4 is 24.3 Å². The van der Waals surface area contributed by atoms with Crippen LogP contribution in [0.3, 0.4) is 0 Å². The lowest BCUT2D eigenvalue weighted by Crippen LogP contribution is -2.38. The number of rotatable bonds is 4. The van der Waals surface area contributed by atoms with Crippen LogP contribution in [0.5, 0.6) is 0 Å². The van der Waals surface area contributed by atoms with Crippen LogP contribution in [-0.2, 0) is 19.1 Å². The van der Waals surface area contributed by atoms with Crippen LogP contribution in [0.25, 0.3) is 0 Å². The molecule has 0 heterocycles. The molecule has 0 aromatic carbocycles. The maximum atomic E-state index is 11.4. The molecule has 0 fully saturated rings. The predicted octanol–water partition coefficient (Wildman–Crippen LogP) is 0.901. The molecule has 1 atom stereocenters. The molecule has 0 spiro atoms. The molecule has 0 radical (unpaired) electrons. The Hall–Kier alpha value is -0.810. The fraction of sp³-hybridized carbons (Fsp3) is 0.800. The molecular formula is C10H20ClNO4. The smallest absolute Gasteiger partial charge is 0.323 e. The molecule has 0 bridgehead atoms. The van der Waals surface area contributed by atoms with Gasteiger partial charge in [0.05, 0.1) is 13.5 Å². The Morgan fingerprint density at radius 2 is 1.81 bits per heavy atom. The Morgan fingerprint density at radius 3 is 2.12 bits per heavy atom. The van der Waals surface area contributed by atoms with Gasteiger partial charge >= 0.3 is 11.9 Å². The molecule has 96 valence electrons. The minimum Gasteiger partial charge on any atom is -0.468 e. The van der Waals surface area contributed by atoms with Crippen LogP contribution in [0.4, 0.5) is 0 Å². The minimum atomic E-state index is -0.648. The summed E-state index contributed by atoms with van der Waals surface area (Å²) in [5.41, 5.74) is -0.536. The van der Waals surface area contributed by atoms with Gasteiger partial charge in [0.1, 0.15) is 11.6 Å². The molecule has 16 heavy (non-hydrogen) atoms. The highest BCUT2D eigenvalue weighted by atomic mass is 35.5. The fourth-order valence-electron chi connectivity index (χ4n) is 0.995. The number of hydrogen-bond donors (Lipinski definition) is 1. The summed E-state index contributed by atoms with van der Waals surface area (Å²) >= 11 is 0. The second-order valence-corrected chi connectivity index (χ2v) is 4.15. The first kappa shape index (κ1) is 17.6. The van der Waals surface area contributed by atoms with Crippen LogP contribution in [0.2, 0.25) is 0 Å². The van der Waals surface area contributed by atoms with Gasteiger partial charge in [-0.2, -0.15) is 0 Å². The van der Waals surface area contributed by atoms with Crippen LogP contribution < -0.4 is 5.32 Å². The third-order valence-electron chi connectivity index (χ3n) is 1.62. The van der Waals surface area contributed by atoms with Crippen LogP contribution in [0.1, 0.15) is 27.2 Å². The SMILES string of the molecule is CN[C@@H](CC(=O)OC(C)(C)C)C(=O)OC.Cl. The molecule has 0 unspecified atom stereocenters. The fourth-order valence-corrected chi connectivity index (χ4v) is 0.995. The van der Waals surface area contributed by atoms with E-state index in [0.29, 0.717) is 0 Å². The Morgan fingerprint density at radius 1 is 1.31 bits per heavy atom. The number of hydrogen-bond acceptors (Lipinski definition) is 5. The van der Waals surface area contributed by atoms with E-state index in [9.17, 15) is 9.59 Å². The molecular weight excluding hydrogens is 234 g/mol. The molecule has 0 saturated carbocycles. The van der Waals surface area contributed by atoms with Crippen LogP contribution in [0.15, 0.2) is 0 Å². The lowest BCUT2D eigenvalue weighted by molar-refractivity contribution is -0.158. The van der Waals surface area contributed by atoms with Crippen molar-refractivity contribution in [3.63, 3.8) is 0 Å². The van der Waals surface area contributed by atoms with Gasteiger partial charge in [0.2, 0.25) is 0 Å². The molecule has 0 aromatic heterocycles. The number of carbonyl (C=O) groups is 2. The van der Waals surface area contributed by atoms with E-state index in [2.05, 4.69) is 10.1 Å². The largest absolute Gasteiger partial charge is 0.468 e. The quantitative estimate of drug-likeness (QED) is 0.755. The van der Waals surface area contributed by atoms with Gasteiger partial charge in [0, 0.05) is 0 Å². The second kappa shape index (κ2) is 7.46. The zero-order chi connectivity index (χ0) is 12.1. The van der Waals surface area contributed by atoms with E-state index in [1.807, 2.05) is 0 Å². The topological polar surface area (TPSA) is 64.6 Å². The molecule has 0 aromatic rings. The summed E-state index contributed by atoms with van der Waals surface area (Å²) in [6, 6.07) is -0.648. The summed E-state index contributed by atoms with van der Waals surface area (Å²) in [7, 11) is 2.87. The van der Waals surface area contributed by atoms with E-state index in [0.717, 1.165) is 0 Å². The van der Waals surface area contributed by atoms with E-state index in [-0.39, 0.29) is 18.8 Å². The van der Waals surface area contributed by atoms with Crippen molar-refractivity contribution in [1.29, 1.82) is 0 Å². The highest BCUT2D eigenvalue weighted by Gasteiger charge is 2.24. The van der Waals surface area contributed by atoms with E-state index in [4.69, 9.17) is 4.74 Å². The minimum absolute atomic E-state index is 0. The van der Waals surface area contributed by atoms with Crippen molar-refractivity contribution in [2.24, 2.45) is 0 Å². The zero-order valence-corrected chi connectivity index (χ0v) is 11.1. The van der Waals surface area contributed by atoms with Gasteiger partial charge in [-0.1, -0.05) is 0 Å². The second-order valence-electron chi connectivity index (χ2n) is 4.15. The van der Waals surface area contributed by atoms with E-state index in [1.54, 1.807) is 27.8 Å². The molecule has 1 N–H and O–H groups in total. The highest BCUT2D eigenvalue weighted by molar-refractivity contribution is 5.85. The van der Waals surface area contributed by atoms with E-state index >= 15 is 0 Å². The maximum absolute atomic E-state index is 11.4. The highest BCUT2D eigenvalue weighted by Crippen LogP contribution is 2.09. The number of likely N-dealkylation sites (N-methyl/N-ethyl adjacent to an activating group) is 1. The number of methoxy groups -OCH3 is 1. The molecule has 6 heteroatoms. The Labute approximate surface area is 102 Å². The molecule has 0 aliphatic carbocycles. The summed E-state index contributed by atoms with van der Waals surface area (Å²) in [4.78, 5) is 22.5. The standard InChI is InChI=1S/C10H19NO4.ClH/c1-10(2,3)15-8(12)6-7(11-4)9(13)14-5;/h7,11H,6H2,1-5H3;1H/t7-;/m0./s1. The van der Waals surface area contributed by atoms with Crippen molar-refractivity contribution in [3.05, 3.63) is 0 Å². The van der Waals surface area contributed by atoms with Gasteiger partial charge in [0.15, 0.2) is 0 Å². The Balaban J connectivity index is 0. The lowest BCUT2D eigenvalue weighted by Gasteiger charge is -2.21. The van der Waals surface area contributed by atoms with Crippen molar-refractivity contribution in [2.75, 3.05) is 14.2 Å². The molecule has 0 saturated heterocycles. The molecule has 0 rings (SSSR count). The average molecular weight is 254 g/mol. The number of halogens is 1. The first-order valence-corrected chi connectivity index (χ1v) is 4.77. The predicted molar refractivity (Wildman–Crippen MR) is 62.6 cm³/mol. The molecule has 5 nitrogen and oxygen atoms in total. The van der Waals surface area contributed by atoms with Gasteiger partial charge in [0.25, 0.3) is 0 Å². The number of esters is 2. The van der Waals surface area contributed by atoms with Crippen LogP contribution >= 0.6 is 12.4 Å². The first-order valence-electron chi connectivity index (χ1n) is 4.77. The normalized spacial score (nSPS) is 12.3. The molecule has 0 aliphatic heterocycles. The van der Waals surface area contributed by atoms with Gasteiger partial charge in [-0.05, 0) is 27.8 Å². The summed E-state index contributed by atoms with van der Waals surface area (Å²) < 4.78 is 9.60. The third-order valence-corrected chi connectivity index (χ3v) is 1.62. The zero-order valence-electron chi connectivity index (χ0n) is 10.3. The monoisotopic (exact) mass is 253 g/mol. The van der Waals surface area contributed by atoms with E-state index in [1.165, 1.54) is 7.11 Å². The number of carbonyl (C=O) groups excluding carboxylic acids is 2. The number of ether oxygens (including phenoxy) is 2. The van der Waals surface area contributed by atoms with Crippen molar-refractivity contribution < 1.29 is 19.1 Å². The average Bonchev–Trinajstić information content (AvgIpc) is 2.10. The van der Waals surface area contributed by atoms with Gasteiger partial charge < -0.3 is 14.8 Å². The Kier molecular flexibility index (Phi) is 8.20. The van der Waals surface area contributed by atoms with Crippen molar-refractivity contribution in [1.82, 2.24) is 5.32 Å². The van der Waals surface area contributed by atoms with Gasteiger partial charge in [-0.3, -0.25) is 9.59 Å².